The van der Waals surface area contributed by atoms with Crippen LogP contribution in [0.1, 0.15) is 16.1 Å². The fourth-order valence-corrected chi connectivity index (χ4v) is 3.75. The largest absolute Gasteiger partial charge is 0.340 e. The highest BCUT2D eigenvalue weighted by Gasteiger charge is 2.15. The number of carbonyl (C=O) groups is 1. The van der Waals surface area contributed by atoms with Crippen LogP contribution in [0.3, 0.4) is 0 Å². The first-order valence-electron chi connectivity index (χ1n) is 8.10. The number of benzene rings is 2. The summed E-state index contributed by atoms with van der Waals surface area (Å²) in [5, 5.41) is 7.03. The summed E-state index contributed by atoms with van der Waals surface area (Å²) in [6.07, 6.45) is 0. The standard InChI is InChI=1S/C20H16ClN3OS/c1-12-3-5-13(6-4-12)16-11-26-20(22-16)23-19(25)18-9-14-7-8-15(21)10-17(14)24(18)2/h3-11H,1-2H3,(H,22,23,25). The monoisotopic (exact) mass is 381 g/mol. The minimum absolute atomic E-state index is 0.190. The van der Waals surface area contributed by atoms with Gasteiger partial charge in [-0.3, -0.25) is 10.1 Å². The Morgan fingerprint density at radius 3 is 2.69 bits per heavy atom. The van der Waals surface area contributed by atoms with Crippen LogP contribution in [0.2, 0.25) is 5.02 Å². The number of aromatic nitrogens is 2. The minimum Gasteiger partial charge on any atom is -0.340 e. The van der Waals surface area contributed by atoms with E-state index in [9.17, 15) is 4.79 Å². The molecule has 0 saturated carbocycles. The number of thiazole rings is 1. The molecule has 26 heavy (non-hydrogen) atoms. The van der Waals surface area contributed by atoms with Gasteiger partial charge in [-0.05, 0) is 25.1 Å². The SMILES string of the molecule is Cc1ccc(-c2csc(NC(=O)c3cc4ccc(Cl)cc4n3C)n2)cc1. The van der Waals surface area contributed by atoms with Gasteiger partial charge in [0.25, 0.3) is 5.91 Å². The summed E-state index contributed by atoms with van der Waals surface area (Å²) in [4.78, 5) is 17.2. The number of aryl methyl sites for hydroxylation is 2. The van der Waals surface area contributed by atoms with Gasteiger partial charge in [0.1, 0.15) is 5.69 Å². The van der Waals surface area contributed by atoms with E-state index in [-0.39, 0.29) is 5.91 Å². The van der Waals surface area contributed by atoms with E-state index in [1.165, 1.54) is 16.9 Å². The molecule has 1 amide bonds. The average molecular weight is 382 g/mol. The van der Waals surface area contributed by atoms with Gasteiger partial charge < -0.3 is 4.57 Å². The third-order valence-electron chi connectivity index (χ3n) is 4.31. The maximum atomic E-state index is 12.7. The molecule has 0 spiro atoms. The summed E-state index contributed by atoms with van der Waals surface area (Å²) >= 11 is 7.47. The Balaban J connectivity index is 1.59. The Kier molecular flexibility index (Phi) is 4.26. The molecule has 130 valence electrons. The molecular formula is C20H16ClN3OS. The third kappa shape index (κ3) is 3.11. The molecule has 0 unspecified atom stereocenters. The molecule has 0 atom stereocenters. The predicted octanol–water partition coefficient (Wildman–Crippen LogP) is 5.52. The lowest BCUT2D eigenvalue weighted by Crippen LogP contribution is -2.15. The molecule has 0 aliphatic rings. The molecule has 0 radical (unpaired) electrons. The first-order chi connectivity index (χ1) is 12.5. The molecule has 6 heteroatoms. The number of nitrogens with one attached hydrogen (secondary N) is 1. The van der Waals surface area contributed by atoms with Gasteiger partial charge in [-0.15, -0.1) is 11.3 Å². The van der Waals surface area contributed by atoms with Gasteiger partial charge in [0, 0.05) is 33.9 Å². The third-order valence-corrected chi connectivity index (χ3v) is 5.30. The molecule has 0 saturated heterocycles. The van der Waals surface area contributed by atoms with Crippen LogP contribution in [0.4, 0.5) is 5.13 Å². The van der Waals surface area contributed by atoms with E-state index < -0.39 is 0 Å². The number of hydrogen-bond acceptors (Lipinski definition) is 3. The van der Waals surface area contributed by atoms with Gasteiger partial charge in [-0.1, -0.05) is 47.5 Å². The lowest BCUT2D eigenvalue weighted by molar-refractivity contribution is 0.101. The van der Waals surface area contributed by atoms with Crippen LogP contribution in [0.25, 0.3) is 22.2 Å². The normalized spacial score (nSPS) is 11.0. The highest BCUT2D eigenvalue weighted by molar-refractivity contribution is 7.14. The lowest BCUT2D eigenvalue weighted by Gasteiger charge is -2.04. The van der Waals surface area contributed by atoms with Crippen molar-refractivity contribution in [1.29, 1.82) is 0 Å². The number of halogens is 1. The maximum Gasteiger partial charge on any atom is 0.274 e. The van der Waals surface area contributed by atoms with Crippen LogP contribution >= 0.6 is 22.9 Å². The average Bonchev–Trinajstić information content (AvgIpc) is 3.21. The summed E-state index contributed by atoms with van der Waals surface area (Å²) in [7, 11) is 1.85. The molecule has 0 bridgehead atoms. The summed E-state index contributed by atoms with van der Waals surface area (Å²) in [6.45, 7) is 2.05. The highest BCUT2D eigenvalue weighted by atomic mass is 35.5. The van der Waals surface area contributed by atoms with Crippen molar-refractivity contribution in [2.45, 2.75) is 6.92 Å². The molecule has 4 aromatic rings. The van der Waals surface area contributed by atoms with Gasteiger partial charge in [-0.25, -0.2) is 4.98 Å². The molecular weight excluding hydrogens is 366 g/mol. The molecule has 4 rings (SSSR count). The second-order valence-corrected chi connectivity index (χ2v) is 7.44. The smallest absolute Gasteiger partial charge is 0.274 e. The van der Waals surface area contributed by atoms with E-state index in [0.29, 0.717) is 15.8 Å². The van der Waals surface area contributed by atoms with Crippen molar-refractivity contribution in [3.63, 3.8) is 0 Å². The Labute approximate surface area is 160 Å². The van der Waals surface area contributed by atoms with E-state index in [1.54, 1.807) is 0 Å². The van der Waals surface area contributed by atoms with Gasteiger partial charge in [-0.2, -0.15) is 0 Å². The number of rotatable bonds is 3. The number of nitrogens with zero attached hydrogens (tertiary/aromatic N) is 2. The van der Waals surface area contributed by atoms with Crippen LogP contribution in [0, 0.1) is 6.92 Å². The zero-order chi connectivity index (χ0) is 18.3. The molecule has 0 fully saturated rings. The van der Waals surface area contributed by atoms with E-state index in [0.717, 1.165) is 22.2 Å². The number of anilines is 1. The quantitative estimate of drug-likeness (QED) is 0.508. The number of amides is 1. The molecule has 2 aromatic carbocycles. The molecule has 1 N–H and O–H groups in total. The molecule has 2 aromatic heterocycles. The van der Waals surface area contributed by atoms with Gasteiger partial charge in [0.2, 0.25) is 0 Å². The van der Waals surface area contributed by atoms with Crippen LogP contribution in [-0.2, 0) is 7.05 Å². The van der Waals surface area contributed by atoms with Crippen molar-refractivity contribution in [3.05, 3.63) is 70.2 Å². The van der Waals surface area contributed by atoms with Gasteiger partial charge in [0.15, 0.2) is 5.13 Å². The molecule has 2 heterocycles. The van der Waals surface area contributed by atoms with Crippen molar-refractivity contribution in [1.82, 2.24) is 9.55 Å². The summed E-state index contributed by atoms with van der Waals surface area (Å²) in [5.41, 5.74) is 4.57. The van der Waals surface area contributed by atoms with Crippen molar-refractivity contribution >= 4 is 44.9 Å². The zero-order valence-corrected chi connectivity index (χ0v) is 15.9. The van der Waals surface area contributed by atoms with E-state index in [2.05, 4.69) is 10.3 Å². The lowest BCUT2D eigenvalue weighted by atomic mass is 10.1. The van der Waals surface area contributed by atoms with E-state index >= 15 is 0 Å². The van der Waals surface area contributed by atoms with Crippen molar-refractivity contribution in [2.24, 2.45) is 7.05 Å². The van der Waals surface area contributed by atoms with Crippen molar-refractivity contribution < 1.29 is 4.79 Å². The van der Waals surface area contributed by atoms with E-state index in [1.807, 2.05) is 72.4 Å². The maximum absolute atomic E-state index is 12.7. The van der Waals surface area contributed by atoms with Crippen LogP contribution in [0.15, 0.2) is 53.9 Å². The van der Waals surface area contributed by atoms with Crippen LogP contribution in [0.5, 0.6) is 0 Å². The van der Waals surface area contributed by atoms with Crippen molar-refractivity contribution in [2.75, 3.05) is 5.32 Å². The van der Waals surface area contributed by atoms with E-state index in [4.69, 9.17) is 11.6 Å². The first kappa shape index (κ1) is 16.8. The number of carbonyl (C=O) groups excluding carboxylic acids is 1. The predicted molar refractivity (Wildman–Crippen MR) is 108 cm³/mol. The molecule has 0 aliphatic heterocycles. The Hall–Kier alpha value is -2.63. The van der Waals surface area contributed by atoms with Crippen LogP contribution < -0.4 is 5.32 Å². The van der Waals surface area contributed by atoms with Crippen LogP contribution in [-0.4, -0.2) is 15.5 Å². The number of hydrogen-bond donors (Lipinski definition) is 1. The Morgan fingerprint density at radius 1 is 1.15 bits per heavy atom. The van der Waals surface area contributed by atoms with Crippen molar-refractivity contribution in [3.8, 4) is 11.3 Å². The second kappa shape index (κ2) is 6.59. The fraction of sp³-hybridized carbons (Fsp3) is 0.100. The minimum atomic E-state index is -0.190. The fourth-order valence-electron chi connectivity index (χ4n) is 2.87. The summed E-state index contributed by atoms with van der Waals surface area (Å²) in [5.74, 6) is -0.190. The Morgan fingerprint density at radius 2 is 1.92 bits per heavy atom. The van der Waals surface area contributed by atoms with Gasteiger partial charge >= 0.3 is 0 Å². The summed E-state index contributed by atoms with van der Waals surface area (Å²) in [6, 6.07) is 15.6. The zero-order valence-electron chi connectivity index (χ0n) is 14.3. The Bertz CT molecular complexity index is 1110. The molecule has 0 aliphatic carbocycles. The van der Waals surface area contributed by atoms with Gasteiger partial charge in [0.05, 0.1) is 5.69 Å². The summed E-state index contributed by atoms with van der Waals surface area (Å²) < 4.78 is 1.84. The topological polar surface area (TPSA) is 46.9 Å². The number of fused-ring (bicyclic) bond motifs is 1. The highest BCUT2D eigenvalue weighted by Crippen LogP contribution is 2.27. The molecule has 4 nitrogen and oxygen atoms in total. The first-order valence-corrected chi connectivity index (χ1v) is 9.36. The second-order valence-electron chi connectivity index (χ2n) is 6.15.